The number of hydrogen-bond donors (Lipinski definition) is 0. The van der Waals surface area contributed by atoms with Gasteiger partial charge in [-0.3, -0.25) is 4.79 Å². The first kappa shape index (κ1) is 11.8. The van der Waals surface area contributed by atoms with E-state index in [1.807, 2.05) is 19.1 Å². The Bertz CT molecular complexity index is 561. The van der Waals surface area contributed by atoms with Crippen LogP contribution >= 0.6 is 11.6 Å². The van der Waals surface area contributed by atoms with Crippen molar-refractivity contribution < 1.29 is 9.18 Å². The van der Waals surface area contributed by atoms with E-state index in [2.05, 4.69) is 0 Å². The van der Waals surface area contributed by atoms with Gasteiger partial charge in [-0.1, -0.05) is 47.5 Å². The van der Waals surface area contributed by atoms with Crippen molar-refractivity contribution in [3.8, 4) is 0 Å². The van der Waals surface area contributed by atoms with Gasteiger partial charge >= 0.3 is 0 Å². The molecule has 0 unspecified atom stereocenters. The third-order valence-corrected chi connectivity index (χ3v) is 2.80. The zero-order valence-corrected chi connectivity index (χ0v) is 9.96. The highest BCUT2D eigenvalue weighted by molar-refractivity contribution is 6.31. The van der Waals surface area contributed by atoms with Crippen molar-refractivity contribution in [2.75, 3.05) is 0 Å². The number of hydrogen-bond acceptors (Lipinski definition) is 1. The van der Waals surface area contributed by atoms with E-state index in [0.717, 1.165) is 5.56 Å². The smallest absolute Gasteiger partial charge is 0.196 e. The Labute approximate surface area is 104 Å². The maximum Gasteiger partial charge on any atom is 0.196 e. The molecule has 0 saturated carbocycles. The van der Waals surface area contributed by atoms with Crippen LogP contribution in [0.5, 0.6) is 0 Å². The molecule has 0 heterocycles. The molecule has 2 aromatic carbocycles. The van der Waals surface area contributed by atoms with Crippen molar-refractivity contribution in [3.63, 3.8) is 0 Å². The van der Waals surface area contributed by atoms with Crippen LogP contribution in [0.4, 0.5) is 4.39 Å². The minimum atomic E-state index is -0.667. The van der Waals surface area contributed by atoms with Crippen molar-refractivity contribution >= 4 is 17.4 Å². The van der Waals surface area contributed by atoms with Crippen molar-refractivity contribution in [1.29, 1.82) is 0 Å². The fraction of sp³-hybridized carbons (Fsp3) is 0.0714. The number of rotatable bonds is 2. The average molecular weight is 249 g/mol. The Hall–Kier alpha value is -1.67. The maximum atomic E-state index is 13.7. The van der Waals surface area contributed by atoms with Gasteiger partial charge in [0.15, 0.2) is 11.6 Å². The first-order chi connectivity index (χ1) is 8.09. The van der Waals surface area contributed by atoms with Gasteiger partial charge in [0, 0.05) is 5.56 Å². The first-order valence-corrected chi connectivity index (χ1v) is 5.53. The number of carbonyl (C=O) groups is 1. The Morgan fingerprint density at radius 3 is 2.41 bits per heavy atom. The molecule has 2 rings (SSSR count). The van der Waals surface area contributed by atoms with Crippen LogP contribution < -0.4 is 0 Å². The highest BCUT2D eigenvalue weighted by Gasteiger charge is 2.15. The number of halogens is 2. The summed E-state index contributed by atoms with van der Waals surface area (Å²) in [6.07, 6.45) is 0. The van der Waals surface area contributed by atoms with Crippen molar-refractivity contribution in [1.82, 2.24) is 0 Å². The predicted molar refractivity (Wildman–Crippen MR) is 66.0 cm³/mol. The molecule has 0 aliphatic carbocycles. The van der Waals surface area contributed by atoms with Crippen LogP contribution in [0, 0.1) is 12.7 Å². The quantitative estimate of drug-likeness (QED) is 0.734. The van der Waals surface area contributed by atoms with Gasteiger partial charge in [0.25, 0.3) is 0 Å². The van der Waals surface area contributed by atoms with Crippen molar-refractivity contribution in [2.24, 2.45) is 0 Å². The SMILES string of the molecule is Cc1ccc(C(=O)c2cccc(Cl)c2F)cc1. The van der Waals surface area contributed by atoms with Gasteiger partial charge in [-0.2, -0.15) is 0 Å². The lowest BCUT2D eigenvalue weighted by atomic mass is 10.0. The van der Waals surface area contributed by atoms with Crippen LogP contribution in [-0.4, -0.2) is 5.78 Å². The maximum absolute atomic E-state index is 13.7. The van der Waals surface area contributed by atoms with Gasteiger partial charge in [-0.05, 0) is 19.1 Å². The summed E-state index contributed by atoms with van der Waals surface area (Å²) in [4.78, 5) is 12.0. The van der Waals surface area contributed by atoms with E-state index in [1.54, 1.807) is 18.2 Å². The average Bonchev–Trinajstić information content (AvgIpc) is 2.33. The standard InChI is InChI=1S/C14H10ClFO/c1-9-5-7-10(8-6-9)14(17)11-3-2-4-12(15)13(11)16/h2-8H,1H3. The molecule has 2 aromatic rings. The number of benzene rings is 2. The topological polar surface area (TPSA) is 17.1 Å². The molecular weight excluding hydrogens is 239 g/mol. The summed E-state index contributed by atoms with van der Waals surface area (Å²) in [6.45, 7) is 1.92. The minimum Gasteiger partial charge on any atom is -0.288 e. The molecule has 0 aliphatic rings. The second-order valence-corrected chi connectivity index (χ2v) is 4.20. The van der Waals surface area contributed by atoms with Crippen LogP contribution in [0.25, 0.3) is 0 Å². The lowest BCUT2D eigenvalue weighted by molar-refractivity contribution is 0.103. The molecule has 3 heteroatoms. The predicted octanol–water partition coefficient (Wildman–Crippen LogP) is 4.02. The molecule has 0 amide bonds. The molecule has 0 radical (unpaired) electrons. The largest absolute Gasteiger partial charge is 0.288 e. The van der Waals surface area contributed by atoms with E-state index in [1.165, 1.54) is 12.1 Å². The zero-order valence-electron chi connectivity index (χ0n) is 9.21. The summed E-state index contributed by atoms with van der Waals surface area (Å²) in [7, 11) is 0. The highest BCUT2D eigenvalue weighted by atomic mass is 35.5. The second-order valence-electron chi connectivity index (χ2n) is 3.80. The summed E-state index contributed by atoms with van der Waals surface area (Å²) in [5.74, 6) is -1.02. The van der Waals surface area contributed by atoms with Gasteiger partial charge in [0.2, 0.25) is 0 Å². The minimum absolute atomic E-state index is 0.00125. The summed E-state index contributed by atoms with van der Waals surface area (Å²) < 4.78 is 13.7. The van der Waals surface area contributed by atoms with Crippen LogP contribution in [0.3, 0.4) is 0 Å². The summed E-state index contributed by atoms with van der Waals surface area (Å²) in [5.41, 5.74) is 1.51. The van der Waals surface area contributed by atoms with Gasteiger partial charge in [0.05, 0.1) is 10.6 Å². The summed E-state index contributed by atoms with van der Waals surface area (Å²) >= 11 is 5.64. The van der Waals surface area contributed by atoms with E-state index in [0.29, 0.717) is 5.56 Å². The Balaban J connectivity index is 2.44. The molecule has 0 aromatic heterocycles. The fourth-order valence-electron chi connectivity index (χ4n) is 1.54. The lowest BCUT2D eigenvalue weighted by Gasteiger charge is -2.04. The third kappa shape index (κ3) is 2.37. The third-order valence-electron chi connectivity index (χ3n) is 2.51. The molecule has 0 spiro atoms. The highest BCUT2D eigenvalue weighted by Crippen LogP contribution is 2.20. The fourth-order valence-corrected chi connectivity index (χ4v) is 1.71. The Kier molecular flexibility index (Phi) is 3.25. The number of ketones is 1. The van der Waals surface area contributed by atoms with Crippen LogP contribution in [0.2, 0.25) is 5.02 Å². The van der Waals surface area contributed by atoms with Crippen molar-refractivity contribution in [2.45, 2.75) is 6.92 Å². The van der Waals surface area contributed by atoms with Crippen molar-refractivity contribution in [3.05, 3.63) is 70.0 Å². The molecule has 86 valence electrons. The molecule has 0 bridgehead atoms. The van der Waals surface area contributed by atoms with E-state index in [-0.39, 0.29) is 16.4 Å². The number of carbonyl (C=O) groups excluding carboxylic acids is 1. The van der Waals surface area contributed by atoms with Crippen LogP contribution in [-0.2, 0) is 0 Å². The van der Waals surface area contributed by atoms with Crippen LogP contribution in [0.1, 0.15) is 21.5 Å². The normalized spacial score (nSPS) is 10.3. The van der Waals surface area contributed by atoms with Gasteiger partial charge < -0.3 is 0 Å². The summed E-state index contributed by atoms with van der Waals surface area (Å²) in [6, 6.07) is 11.4. The monoisotopic (exact) mass is 248 g/mol. The molecule has 0 fully saturated rings. The molecule has 1 nitrogen and oxygen atoms in total. The molecular formula is C14H10ClFO. The van der Waals surface area contributed by atoms with E-state index in [4.69, 9.17) is 11.6 Å². The number of aryl methyl sites for hydroxylation is 1. The van der Waals surface area contributed by atoms with Gasteiger partial charge in [0.1, 0.15) is 0 Å². The zero-order chi connectivity index (χ0) is 12.4. The van der Waals surface area contributed by atoms with Gasteiger partial charge in [-0.15, -0.1) is 0 Å². The van der Waals surface area contributed by atoms with E-state index < -0.39 is 5.82 Å². The molecule has 0 saturated heterocycles. The summed E-state index contributed by atoms with van der Waals surface area (Å²) in [5, 5.41) is -0.0389. The first-order valence-electron chi connectivity index (χ1n) is 5.15. The Morgan fingerprint density at radius 1 is 1.12 bits per heavy atom. The molecule has 17 heavy (non-hydrogen) atoms. The van der Waals surface area contributed by atoms with Crippen LogP contribution in [0.15, 0.2) is 42.5 Å². The Morgan fingerprint density at radius 2 is 1.76 bits per heavy atom. The molecule has 0 atom stereocenters. The molecule has 0 N–H and O–H groups in total. The second kappa shape index (κ2) is 4.68. The van der Waals surface area contributed by atoms with E-state index >= 15 is 0 Å². The lowest BCUT2D eigenvalue weighted by Crippen LogP contribution is -2.04. The van der Waals surface area contributed by atoms with E-state index in [9.17, 15) is 9.18 Å². The molecule has 0 aliphatic heterocycles. The van der Waals surface area contributed by atoms with Gasteiger partial charge in [-0.25, -0.2) is 4.39 Å².